The summed E-state index contributed by atoms with van der Waals surface area (Å²) in [5, 5.41) is 0. The fourth-order valence-electron chi connectivity index (χ4n) is 1.54. The molecule has 0 aliphatic carbocycles. The van der Waals surface area contributed by atoms with Gasteiger partial charge < -0.3 is 24.8 Å². The van der Waals surface area contributed by atoms with E-state index < -0.39 is 0 Å². The van der Waals surface area contributed by atoms with Crippen molar-refractivity contribution in [2.75, 3.05) is 0 Å². The first-order chi connectivity index (χ1) is 8.84. The van der Waals surface area contributed by atoms with Crippen LogP contribution in [0.4, 0.5) is 0 Å². The number of ketones is 1. The number of carbonyl (C=O) groups is 1. The molecule has 0 radical (unpaired) electrons. The van der Waals surface area contributed by atoms with Crippen LogP contribution in [0.5, 0.6) is 0 Å². The molecule has 112 valence electrons. The molecule has 0 saturated carbocycles. The van der Waals surface area contributed by atoms with Crippen LogP contribution in [0.3, 0.4) is 0 Å². The Bertz CT molecular complexity index is 514. The van der Waals surface area contributed by atoms with E-state index in [1.54, 1.807) is 12.2 Å². The Kier molecular flexibility index (Phi) is 13.2. The summed E-state index contributed by atoms with van der Waals surface area (Å²) in [7, 11) is 0. The van der Waals surface area contributed by atoms with Crippen molar-refractivity contribution in [2.45, 2.75) is 0 Å². The standard InChI is InChI=1S/C17H14O.2ClH.Pd/c18-17(13-11-15-7-3-1-4-8-15)14-12-16-9-5-2-6-10-16;;;/h1-14H;2*1H;/q;;;+2/p-2/b13-11-,14-12+;;;. The SMILES string of the molecule is O=C(/C=C\c1ccccc1)/C=C/c1ccccc1.[Cl-].[Cl-].[Pd+2]. The number of carbonyl (C=O) groups excluding carboxylic acids is 1. The molecule has 2 rings (SSSR count). The van der Waals surface area contributed by atoms with Crippen LogP contribution in [0.25, 0.3) is 12.2 Å². The minimum Gasteiger partial charge on any atom is -1.00 e. The van der Waals surface area contributed by atoms with E-state index in [4.69, 9.17) is 0 Å². The largest absolute Gasteiger partial charge is 2.00 e. The Balaban J connectivity index is 0. The molecule has 0 aliphatic heterocycles. The number of hydrogen-bond donors (Lipinski definition) is 0. The van der Waals surface area contributed by atoms with Gasteiger partial charge in [0.25, 0.3) is 0 Å². The predicted molar refractivity (Wildman–Crippen MR) is 76.0 cm³/mol. The third-order valence-corrected chi connectivity index (χ3v) is 2.48. The van der Waals surface area contributed by atoms with Crippen LogP contribution in [-0.4, -0.2) is 5.78 Å². The zero-order valence-electron chi connectivity index (χ0n) is 11.1. The summed E-state index contributed by atoms with van der Waals surface area (Å²) in [6.45, 7) is 0. The summed E-state index contributed by atoms with van der Waals surface area (Å²) < 4.78 is 0. The van der Waals surface area contributed by atoms with Crippen LogP contribution < -0.4 is 24.8 Å². The molecule has 1 nitrogen and oxygen atoms in total. The number of halogens is 2. The molecule has 4 heteroatoms. The van der Waals surface area contributed by atoms with Gasteiger partial charge in [-0.15, -0.1) is 0 Å². The summed E-state index contributed by atoms with van der Waals surface area (Å²) in [6.07, 6.45) is 6.79. The van der Waals surface area contributed by atoms with Gasteiger partial charge in [0.2, 0.25) is 0 Å². The van der Waals surface area contributed by atoms with Crippen LogP contribution in [0.1, 0.15) is 11.1 Å². The molecule has 0 aromatic heterocycles. The number of benzene rings is 2. The van der Waals surface area contributed by atoms with Crippen LogP contribution >= 0.6 is 0 Å². The van der Waals surface area contributed by atoms with Crippen molar-refractivity contribution in [3.8, 4) is 0 Å². The summed E-state index contributed by atoms with van der Waals surface area (Å²) in [5.74, 6) is -0.0114. The van der Waals surface area contributed by atoms with Gasteiger partial charge >= 0.3 is 20.4 Å². The Morgan fingerprint density at radius 2 is 1.00 bits per heavy atom. The van der Waals surface area contributed by atoms with Crippen molar-refractivity contribution in [1.82, 2.24) is 0 Å². The van der Waals surface area contributed by atoms with E-state index in [-0.39, 0.29) is 51.0 Å². The fourth-order valence-corrected chi connectivity index (χ4v) is 1.54. The molecule has 2 aromatic rings. The van der Waals surface area contributed by atoms with E-state index >= 15 is 0 Å². The van der Waals surface area contributed by atoms with Crippen molar-refractivity contribution in [3.05, 3.63) is 83.9 Å². The second-order valence-electron chi connectivity index (χ2n) is 3.89. The van der Waals surface area contributed by atoms with E-state index in [1.165, 1.54) is 0 Å². The average molecular weight is 412 g/mol. The molecule has 0 atom stereocenters. The first-order valence-corrected chi connectivity index (χ1v) is 5.85. The third kappa shape index (κ3) is 8.65. The molecule has 2 aromatic carbocycles. The maximum atomic E-state index is 11.6. The topological polar surface area (TPSA) is 17.1 Å². The van der Waals surface area contributed by atoms with E-state index in [0.717, 1.165) is 11.1 Å². The van der Waals surface area contributed by atoms with Crippen molar-refractivity contribution in [1.29, 1.82) is 0 Å². The summed E-state index contributed by atoms with van der Waals surface area (Å²) in [4.78, 5) is 11.6. The minimum atomic E-state index is -0.0114. The molecular weight excluding hydrogens is 398 g/mol. The first kappa shape index (κ1) is 22.1. The fraction of sp³-hybridized carbons (Fsp3) is 0. The van der Waals surface area contributed by atoms with E-state index in [9.17, 15) is 4.79 Å². The molecule has 0 spiro atoms. The van der Waals surface area contributed by atoms with Gasteiger partial charge in [-0.3, -0.25) is 4.79 Å². The molecule has 0 unspecified atom stereocenters. The summed E-state index contributed by atoms with van der Waals surface area (Å²) in [6, 6.07) is 19.6. The average Bonchev–Trinajstić information content (AvgIpc) is 2.45. The molecule has 0 amide bonds. The monoisotopic (exact) mass is 410 g/mol. The van der Waals surface area contributed by atoms with E-state index in [2.05, 4.69) is 0 Å². The molecule has 0 aliphatic rings. The van der Waals surface area contributed by atoms with Crippen molar-refractivity contribution >= 4 is 17.9 Å². The van der Waals surface area contributed by atoms with Crippen molar-refractivity contribution in [2.24, 2.45) is 0 Å². The van der Waals surface area contributed by atoms with Crippen molar-refractivity contribution < 1.29 is 50.0 Å². The van der Waals surface area contributed by atoms with Gasteiger partial charge in [-0.2, -0.15) is 0 Å². The second kappa shape index (κ2) is 12.6. The number of allylic oxidation sites excluding steroid dienone is 2. The normalized spacial score (nSPS) is 9.52. The molecule has 0 fully saturated rings. The molecule has 0 bridgehead atoms. The van der Waals surface area contributed by atoms with Crippen LogP contribution in [0.15, 0.2) is 72.8 Å². The summed E-state index contributed by atoms with van der Waals surface area (Å²) >= 11 is 0. The van der Waals surface area contributed by atoms with Crippen LogP contribution in [-0.2, 0) is 25.2 Å². The van der Waals surface area contributed by atoms with Gasteiger partial charge in [-0.05, 0) is 23.3 Å². The molecule has 0 heterocycles. The Labute approximate surface area is 151 Å². The number of hydrogen-bond acceptors (Lipinski definition) is 1. The first-order valence-electron chi connectivity index (χ1n) is 5.85. The van der Waals surface area contributed by atoms with Gasteiger partial charge in [0.05, 0.1) is 0 Å². The third-order valence-electron chi connectivity index (χ3n) is 2.48. The zero-order chi connectivity index (χ0) is 12.6. The maximum absolute atomic E-state index is 11.6. The van der Waals surface area contributed by atoms with E-state index in [1.807, 2.05) is 72.8 Å². The van der Waals surface area contributed by atoms with Gasteiger partial charge in [0.1, 0.15) is 0 Å². The molecule has 0 N–H and O–H groups in total. The van der Waals surface area contributed by atoms with Gasteiger partial charge in [-0.25, -0.2) is 0 Å². The van der Waals surface area contributed by atoms with Gasteiger partial charge in [0.15, 0.2) is 5.78 Å². The Morgan fingerprint density at radius 3 is 1.33 bits per heavy atom. The second-order valence-corrected chi connectivity index (χ2v) is 3.89. The summed E-state index contributed by atoms with van der Waals surface area (Å²) in [5.41, 5.74) is 2.05. The number of rotatable bonds is 4. The molecular formula is C17H14Cl2OPd. The van der Waals surface area contributed by atoms with Crippen molar-refractivity contribution in [3.63, 3.8) is 0 Å². The zero-order valence-corrected chi connectivity index (χ0v) is 14.1. The maximum Gasteiger partial charge on any atom is 2.00 e. The minimum absolute atomic E-state index is 0. The van der Waals surface area contributed by atoms with Crippen LogP contribution in [0, 0.1) is 0 Å². The molecule has 0 saturated heterocycles. The van der Waals surface area contributed by atoms with Gasteiger partial charge in [-0.1, -0.05) is 72.8 Å². The smallest absolute Gasteiger partial charge is 1.00 e. The Hall–Kier alpha value is -1.17. The van der Waals surface area contributed by atoms with E-state index in [0.29, 0.717) is 0 Å². The Morgan fingerprint density at radius 1 is 0.667 bits per heavy atom. The van der Waals surface area contributed by atoms with Gasteiger partial charge in [0, 0.05) is 0 Å². The predicted octanol–water partition coefficient (Wildman–Crippen LogP) is -2.01. The van der Waals surface area contributed by atoms with Crippen LogP contribution in [0.2, 0.25) is 0 Å². The quantitative estimate of drug-likeness (QED) is 0.420. The molecule has 21 heavy (non-hydrogen) atoms.